The minimum atomic E-state index is 0. The Hall–Kier alpha value is -1.30. The number of para-hydroxylation sites is 2. The van der Waals surface area contributed by atoms with E-state index in [-0.39, 0.29) is 18.3 Å². The van der Waals surface area contributed by atoms with Gasteiger partial charge in [0.2, 0.25) is 5.91 Å². The van der Waals surface area contributed by atoms with Crippen LogP contribution in [0.3, 0.4) is 0 Å². The summed E-state index contributed by atoms with van der Waals surface area (Å²) in [5.74, 6) is 2.16. The van der Waals surface area contributed by atoms with Crippen LogP contribution in [0.15, 0.2) is 24.3 Å². The molecule has 2 saturated heterocycles. The van der Waals surface area contributed by atoms with Gasteiger partial charge in [0.05, 0.1) is 19.3 Å². The third kappa shape index (κ3) is 3.67. The summed E-state index contributed by atoms with van der Waals surface area (Å²) in [7, 11) is 1.61. The zero-order valence-electron chi connectivity index (χ0n) is 12.2. The maximum absolute atomic E-state index is 12.1. The second-order valence-electron chi connectivity index (χ2n) is 5.62. The molecule has 6 heteroatoms. The Kier molecular flexibility index (Phi) is 5.45. The molecule has 116 valence electrons. The highest BCUT2D eigenvalue weighted by Crippen LogP contribution is 2.26. The van der Waals surface area contributed by atoms with Crippen molar-refractivity contribution in [3.05, 3.63) is 24.3 Å². The zero-order valence-corrected chi connectivity index (χ0v) is 13.0. The molecule has 1 amide bonds. The average Bonchev–Trinajstić information content (AvgIpc) is 3.00. The van der Waals surface area contributed by atoms with E-state index < -0.39 is 0 Å². The highest BCUT2D eigenvalue weighted by molar-refractivity contribution is 5.93. The maximum atomic E-state index is 12.1. The number of nitrogens with one attached hydrogen (secondary N) is 2. The van der Waals surface area contributed by atoms with Gasteiger partial charge >= 0.3 is 0 Å². The summed E-state index contributed by atoms with van der Waals surface area (Å²) in [4.78, 5) is 14.4. The van der Waals surface area contributed by atoms with Gasteiger partial charge in [0, 0.05) is 13.1 Å². The van der Waals surface area contributed by atoms with Crippen molar-refractivity contribution in [1.82, 2.24) is 10.2 Å². The third-order valence-electron chi connectivity index (χ3n) is 4.21. The number of nitrogens with zero attached hydrogens (tertiary/aromatic N) is 1. The molecule has 0 aliphatic carbocycles. The van der Waals surface area contributed by atoms with E-state index in [0.717, 1.165) is 31.9 Å². The summed E-state index contributed by atoms with van der Waals surface area (Å²) in [6.45, 7) is 4.70. The van der Waals surface area contributed by atoms with Gasteiger partial charge in [-0.25, -0.2) is 0 Å². The lowest BCUT2D eigenvalue weighted by Gasteiger charge is -2.17. The summed E-state index contributed by atoms with van der Waals surface area (Å²) >= 11 is 0. The number of hydrogen-bond donors (Lipinski definition) is 2. The van der Waals surface area contributed by atoms with Crippen LogP contribution in [-0.2, 0) is 4.79 Å². The quantitative estimate of drug-likeness (QED) is 0.877. The zero-order chi connectivity index (χ0) is 13.9. The van der Waals surface area contributed by atoms with Crippen molar-refractivity contribution in [1.29, 1.82) is 0 Å². The molecular formula is C15H22ClN3O2. The molecule has 5 nitrogen and oxygen atoms in total. The summed E-state index contributed by atoms with van der Waals surface area (Å²) in [5.41, 5.74) is 0.737. The summed E-state index contributed by atoms with van der Waals surface area (Å²) in [6.07, 6.45) is 0. The molecule has 1 aromatic rings. The monoisotopic (exact) mass is 311 g/mol. The molecule has 2 fully saturated rings. The first-order chi connectivity index (χ1) is 9.76. The predicted molar refractivity (Wildman–Crippen MR) is 85.2 cm³/mol. The molecule has 0 unspecified atom stereocenters. The number of methoxy groups -OCH3 is 1. The van der Waals surface area contributed by atoms with E-state index in [2.05, 4.69) is 15.5 Å². The van der Waals surface area contributed by atoms with Gasteiger partial charge in [-0.15, -0.1) is 12.4 Å². The molecule has 2 aliphatic heterocycles. The number of rotatable bonds is 4. The second-order valence-corrected chi connectivity index (χ2v) is 5.62. The number of carbonyl (C=O) groups is 1. The van der Waals surface area contributed by atoms with Crippen LogP contribution in [0.5, 0.6) is 5.75 Å². The van der Waals surface area contributed by atoms with Crippen LogP contribution in [0, 0.1) is 11.8 Å². The van der Waals surface area contributed by atoms with Crippen LogP contribution >= 0.6 is 12.4 Å². The number of benzene rings is 1. The molecule has 0 spiro atoms. The third-order valence-corrected chi connectivity index (χ3v) is 4.21. The van der Waals surface area contributed by atoms with E-state index in [9.17, 15) is 4.79 Å². The SMILES string of the molecule is COc1ccccc1NC(=O)CN1C[C@H]2CNC[C@H]2C1.Cl. The minimum absolute atomic E-state index is 0. The lowest BCUT2D eigenvalue weighted by Crippen LogP contribution is -2.33. The molecule has 0 radical (unpaired) electrons. The van der Waals surface area contributed by atoms with Gasteiger partial charge in [-0.2, -0.15) is 0 Å². The molecule has 0 saturated carbocycles. The minimum Gasteiger partial charge on any atom is -0.495 e. The van der Waals surface area contributed by atoms with Gasteiger partial charge in [0.25, 0.3) is 0 Å². The van der Waals surface area contributed by atoms with Crippen molar-refractivity contribution in [3.63, 3.8) is 0 Å². The molecule has 3 rings (SSSR count). The number of anilines is 1. The van der Waals surface area contributed by atoms with Gasteiger partial charge in [0.15, 0.2) is 0 Å². The van der Waals surface area contributed by atoms with Crippen LogP contribution < -0.4 is 15.4 Å². The fraction of sp³-hybridized carbons (Fsp3) is 0.533. The first-order valence-electron chi connectivity index (χ1n) is 7.12. The van der Waals surface area contributed by atoms with E-state index in [1.165, 1.54) is 0 Å². The topological polar surface area (TPSA) is 53.6 Å². The summed E-state index contributed by atoms with van der Waals surface area (Å²) < 4.78 is 5.24. The van der Waals surface area contributed by atoms with E-state index in [0.29, 0.717) is 24.1 Å². The summed E-state index contributed by atoms with van der Waals surface area (Å²) in [5, 5.41) is 6.34. The number of likely N-dealkylation sites (tertiary alicyclic amines) is 1. The molecule has 2 aliphatic rings. The van der Waals surface area contributed by atoms with Gasteiger partial charge < -0.3 is 15.4 Å². The number of hydrogen-bond acceptors (Lipinski definition) is 4. The van der Waals surface area contributed by atoms with Crippen molar-refractivity contribution >= 4 is 24.0 Å². The molecule has 2 N–H and O–H groups in total. The number of halogens is 1. The highest BCUT2D eigenvalue weighted by atomic mass is 35.5. The fourth-order valence-electron chi connectivity index (χ4n) is 3.22. The Morgan fingerprint density at radius 3 is 2.67 bits per heavy atom. The van der Waals surface area contributed by atoms with Crippen molar-refractivity contribution in [2.45, 2.75) is 0 Å². The van der Waals surface area contributed by atoms with Gasteiger partial charge in [-0.1, -0.05) is 12.1 Å². The molecule has 2 heterocycles. The van der Waals surface area contributed by atoms with Crippen LogP contribution in [-0.4, -0.2) is 50.6 Å². The highest BCUT2D eigenvalue weighted by Gasteiger charge is 2.36. The number of ether oxygens (including phenoxy) is 1. The van der Waals surface area contributed by atoms with Crippen LogP contribution in [0.25, 0.3) is 0 Å². The van der Waals surface area contributed by atoms with E-state index >= 15 is 0 Å². The van der Waals surface area contributed by atoms with Crippen molar-refractivity contribution in [2.75, 3.05) is 45.2 Å². The van der Waals surface area contributed by atoms with Crippen LogP contribution in [0.2, 0.25) is 0 Å². The Labute approximate surface area is 131 Å². The van der Waals surface area contributed by atoms with Gasteiger partial charge in [0.1, 0.15) is 5.75 Å². The standard InChI is InChI=1S/C15H21N3O2.ClH/c1-20-14-5-3-2-4-13(14)17-15(19)10-18-8-11-6-16-7-12(11)9-18;/h2-5,11-12,16H,6-10H2,1H3,(H,17,19);1H/t11-,12+;. The molecule has 2 atom stereocenters. The normalized spacial score (nSPS) is 24.2. The Balaban J connectivity index is 0.00000161. The lowest BCUT2D eigenvalue weighted by atomic mass is 10.0. The lowest BCUT2D eigenvalue weighted by molar-refractivity contribution is -0.117. The number of fused-ring (bicyclic) bond motifs is 1. The molecule has 0 bridgehead atoms. The molecule has 0 aromatic heterocycles. The van der Waals surface area contributed by atoms with Crippen LogP contribution in [0.1, 0.15) is 0 Å². The second kappa shape index (κ2) is 7.11. The Bertz CT molecular complexity index is 486. The van der Waals surface area contributed by atoms with Gasteiger partial charge in [-0.3, -0.25) is 9.69 Å². The maximum Gasteiger partial charge on any atom is 0.238 e. The largest absolute Gasteiger partial charge is 0.495 e. The Morgan fingerprint density at radius 1 is 1.33 bits per heavy atom. The van der Waals surface area contributed by atoms with Crippen molar-refractivity contribution in [3.8, 4) is 5.75 Å². The van der Waals surface area contributed by atoms with Gasteiger partial charge in [-0.05, 0) is 37.1 Å². The fourth-order valence-corrected chi connectivity index (χ4v) is 3.22. The van der Waals surface area contributed by atoms with E-state index in [1.807, 2.05) is 24.3 Å². The number of amides is 1. The van der Waals surface area contributed by atoms with Crippen molar-refractivity contribution < 1.29 is 9.53 Å². The molecule has 21 heavy (non-hydrogen) atoms. The molecular weight excluding hydrogens is 290 g/mol. The van der Waals surface area contributed by atoms with Crippen LogP contribution in [0.4, 0.5) is 5.69 Å². The first kappa shape index (κ1) is 16.1. The molecule has 1 aromatic carbocycles. The van der Waals surface area contributed by atoms with E-state index in [4.69, 9.17) is 4.74 Å². The smallest absolute Gasteiger partial charge is 0.238 e. The number of carbonyl (C=O) groups excluding carboxylic acids is 1. The summed E-state index contributed by atoms with van der Waals surface area (Å²) in [6, 6.07) is 7.49. The first-order valence-corrected chi connectivity index (χ1v) is 7.12. The Morgan fingerprint density at radius 2 is 2.00 bits per heavy atom. The predicted octanol–water partition coefficient (Wildman–Crippen LogP) is 1.21. The van der Waals surface area contributed by atoms with E-state index in [1.54, 1.807) is 7.11 Å². The van der Waals surface area contributed by atoms with Crippen molar-refractivity contribution in [2.24, 2.45) is 11.8 Å². The average molecular weight is 312 g/mol.